The maximum absolute atomic E-state index is 11.2. The highest BCUT2D eigenvalue weighted by molar-refractivity contribution is 6.30. The summed E-state index contributed by atoms with van der Waals surface area (Å²) in [5.74, 6) is 1.11. The summed E-state index contributed by atoms with van der Waals surface area (Å²) in [4.78, 5) is 16.1. The first-order chi connectivity index (χ1) is 12.1. The van der Waals surface area contributed by atoms with Crippen LogP contribution < -0.4 is 0 Å². The molecular formula is C21H29ClN2O. The molecule has 0 bridgehead atoms. The number of ketones is 1. The van der Waals surface area contributed by atoms with Crippen molar-refractivity contribution >= 4 is 23.0 Å². The van der Waals surface area contributed by atoms with Gasteiger partial charge in [0, 0.05) is 18.1 Å². The molecule has 2 aliphatic rings. The monoisotopic (exact) mass is 360 g/mol. The third kappa shape index (κ3) is 5.67. The number of piperidine rings is 1. The Morgan fingerprint density at radius 3 is 2.44 bits per heavy atom. The van der Waals surface area contributed by atoms with Crippen LogP contribution >= 0.6 is 11.6 Å². The number of rotatable bonds is 6. The Hall–Kier alpha value is -1.16. The van der Waals surface area contributed by atoms with Crippen LogP contribution in [-0.4, -0.2) is 54.9 Å². The van der Waals surface area contributed by atoms with Crippen molar-refractivity contribution in [1.29, 1.82) is 0 Å². The first kappa shape index (κ1) is 18.6. The van der Waals surface area contributed by atoms with E-state index in [0.29, 0.717) is 6.54 Å². The lowest BCUT2D eigenvalue weighted by Gasteiger charge is -2.33. The molecule has 2 heterocycles. The topological polar surface area (TPSA) is 23.6 Å². The van der Waals surface area contributed by atoms with Gasteiger partial charge < -0.3 is 0 Å². The van der Waals surface area contributed by atoms with Crippen molar-refractivity contribution in [2.75, 3.05) is 39.3 Å². The van der Waals surface area contributed by atoms with Gasteiger partial charge in [-0.15, -0.1) is 0 Å². The first-order valence-corrected chi connectivity index (χ1v) is 9.87. The molecule has 0 amide bonds. The summed E-state index contributed by atoms with van der Waals surface area (Å²) in [5, 5.41) is 0.802. The molecule has 0 aliphatic carbocycles. The standard InChI is InChI=1S/C21H29ClN2O/c1-17(25)16-24-12-7-18(8-13-24)6-11-23-14-9-20(10-15-23)19-2-4-21(22)5-3-19/h2-5,9,18H,6-8,10-16H2,1H3. The van der Waals surface area contributed by atoms with Crippen LogP contribution in [-0.2, 0) is 4.79 Å². The predicted molar refractivity (Wildman–Crippen MR) is 105 cm³/mol. The molecule has 1 saturated heterocycles. The number of benzene rings is 1. The summed E-state index contributed by atoms with van der Waals surface area (Å²) in [6.07, 6.45) is 7.28. The van der Waals surface area contributed by atoms with E-state index in [1.165, 1.54) is 36.9 Å². The summed E-state index contributed by atoms with van der Waals surface area (Å²) in [5.41, 5.74) is 2.76. The summed E-state index contributed by atoms with van der Waals surface area (Å²) < 4.78 is 0. The third-order valence-corrected chi connectivity index (χ3v) is 5.77. The molecule has 2 aliphatic heterocycles. The molecular weight excluding hydrogens is 332 g/mol. The molecule has 0 radical (unpaired) electrons. The van der Waals surface area contributed by atoms with Crippen molar-refractivity contribution in [3.63, 3.8) is 0 Å². The van der Waals surface area contributed by atoms with Crippen molar-refractivity contribution in [2.24, 2.45) is 5.92 Å². The fourth-order valence-electron chi connectivity index (χ4n) is 3.95. The number of likely N-dealkylation sites (tertiary alicyclic amines) is 1. The van der Waals surface area contributed by atoms with Crippen LogP contribution in [0.4, 0.5) is 0 Å². The number of carbonyl (C=O) groups excluding carboxylic acids is 1. The smallest absolute Gasteiger partial charge is 0.143 e. The molecule has 0 atom stereocenters. The van der Waals surface area contributed by atoms with E-state index >= 15 is 0 Å². The van der Waals surface area contributed by atoms with E-state index in [4.69, 9.17) is 11.6 Å². The molecule has 3 nitrogen and oxygen atoms in total. The SMILES string of the molecule is CC(=O)CN1CCC(CCN2CC=C(c3ccc(Cl)cc3)CC2)CC1. The zero-order valence-corrected chi connectivity index (χ0v) is 16.0. The fourth-order valence-corrected chi connectivity index (χ4v) is 4.08. The molecule has 4 heteroatoms. The Morgan fingerprint density at radius 2 is 1.84 bits per heavy atom. The quantitative estimate of drug-likeness (QED) is 0.762. The number of nitrogens with zero attached hydrogens (tertiary/aromatic N) is 2. The van der Waals surface area contributed by atoms with Crippen LogP contribution in [0.3, 0.4) is 0 Å². The number of halogens is 1. The zero-order valence-electron chi connectivity index (χ0n) is 15.2. The van der Waals surface area contributed by atoms with Crippen LogP contribution in [0.1, 0.15) is 38.2 Å². The average Bonchev–Trinajstić information content (AvgIpc) is 2.62. The van der Waals surface area contributed by atoms with Crippen LogP contribution in [0, 0.1) is 5.92 Å². The van der Waals surface area contributed by atoms with Gasteiger partial charge in [-0.1, -0.05) is 29.8 Å². The minimum atomic E-state index is 0.287. The van der Waals surface area contributed by atoms with Gasteiger partial charge in [0.25, 0.3) is 0 Å². The van der Waals surface area contributed by atoms with Crippen LogP contribution in [0.5, 0.6) is 0 Å². The van der Waals surface area contributed by atoms with Gasteiger partial charge in [0.05, 0.1) is 6.54 Å². The highest BCUT2D eigenvalue weighted by atomic mass is 35.5. The number of hydrogen-bond donors (Lipinski definition) is 0. The van der Waals surface area contributed by atoms with Crippen LogP contribution in [0.25, 0.3) is 5.57 Å². The van der Waals surface area contributed by atoms with Gasteiger partial charge >= 0.3 is 0 Å². The van der Waals surface area contributed by atoms with Crippen LogP contribution in [0.15, 0.2) is 30.3 Å². The van der Waals surface area contributed by atoms with E-state index in [1.54, 1.807) is 6.92 Å². The maximum Gasteiger partial charge on any atom is 0.143 e. The van der Waals surface area contributed by atoms with Gasteiger partial charge in [-0.05, 0) is 81.4 Å². The van der Waals surface area contributed by atoms with Gasteiger partial charge in [0.2, 0.25) is 0 Å². The molecule has 3 rings (SSSR count). The highest BCUT2D eigenvalue weighted by Crippen LogP contribution is 2.25. The molecule has 0 aromatic heterocycles. The Labute approximate surface area is 156 Å². The number of Topliss-reactive ketones (excluding diaryl/α,β-unsaturated/α-hetero) is 1. The lowest BCUT2D eigenvalue weighted by atomic mass is 9.92. The molecule has 0 N–H and O–H groups in total. The molecule has 0 saturated carbocycles. The Bertz CT molecular complexity index is 603. The summed E-state index contributed by atoms with van der Waals surface area (Å²) in [7, 11) is 0. The lowest BCUT2D eigenvalue weighted by molar-refractivity contribution is -0.118. The minimum Gasteiger partial charge on any atom is -0.299 e. The van der Waals surface area contributed by atoms with Gasteiger partial charge in [0.1, 0.15) is 5.78 Å². The van der Waals surface area contributed by atoms with Crippen molar-refractivity contribution in [1.82, 2.24) is 9.80 Å². The molecule has 1 aromatic carbocycles. The second-order valence-electron chi connectivity index (χ2n) is 7.50. The first-order valence-electron chi connectivity index (χ1n) is 9.49. The largest absolute Gasteiger partial charge is 0.299 e. The average molecular weight is 361 g/mol. The Balaban J connectivity index is 1.39. The van der Waals surface area contributed by atoms with Crippen LogP contribution in [0.2, 0.25) is 5.02 Å². The summed E-state index contributed by atoms with van der Waals surface area (Å²) >= 11 is 5.98. The van der Waals surface area contributed by atoms with E-state index in [0.717, 1.165) is 43.5 Å². The van der Waals surface area contributed by atoms with Crippen molar-refractivity contribution in [3.05, 3.63) is 40.9 Å². The molecule has 25 heavy (non-hydrogen) atoms. The Morgan fingerprint density at radius 1 is 1.12 bits per heavy atom. The Kier molecular flexibility index (Phi) is 6.69. The molecule has 1 aromatic rings. The van der Waals surface area contributed by atoms with Crippen molar-refractivity contribution in [2.45, 2.75) is 32.6 Å². The second kappa shape index (κ2) is 8.98. The lowest BCUT2D eigenvalue weighted by Crippen LogP contribution is -2.38. The number of hydrogen-bond acceptors (Lipinski definition) is 3. The summed E-state index contributed by atoms with van der Waals surface area (Å²) in [6.45, 7) is 7.90. The van der Waals surface area contributed by atoms with Crippen molar-refractivity contribution < 1.29 is 4.79 Å². The van der Waals surface area contributed by atoms with Crippen molar-refractivity contribution in [3.8, 4) is 0 Å². The van der Waals surface area contributed by atoms with E-state index in [2.05, 4.69) is 28.0 Å². The van der Waals surface area contributed by atoms with E-state index < -0.39 is 0 Å². The molecule has 0 unspecified atom stereocenters. The van der Waals surface area contributed by atoms with E-state index in [-0.39, 0.29) is 5.78 Å². The zero-order chi connectivity index (χ0) is 17.6. The fraction of sp³-hybridized carbons (Fsp3) is 0.571. The minimum absolute atomic E-state index is 0.287. The number of carbonyl (C=O) groups is 1. The van der Waals surface area contributed by atoms with Gasteiger partial charge in [0.15, 0.2) is 0 Å². The molecule has 0 spiro atoms. The third-order valence-electron chi connectivity index (χ3n) is 5.52. The maximum atomic E-state index is 11.2. The highest BCUT2D eigenvalue weighted by Gasteiger charge is 2.21. The normalized spacial score (nSPS) is 20.5. The van der Waals surface area contributed by atoms with Gasteiger partial charge in [-0.25, -0.2) is 0 Å². The second-order valence-corrected chi connectivity index (χ2v) is 7.93. The van der Waals surface area contributed by atoms with E-state index in [1.807, 2.05) is 12.1 Å². The van der Waals surface area contributed by atoms with Gasteiger partial charge in [-0.2, -0.15) is 0 Å². The molecule has 136 valence electrons. The van der Waals surface area contributed by atoms with Gasteiger partial charge in [-0.3, -0.25) is 14.6 Å². The molecule has 1 fully saturated rings. The van der Waals surface area contributed by atoms with E-state index in [9.17, 15) is 4.79 Å². The predicted octanol–water partition coefficient (Wildman–Crippen LogP) is 4.12. The summed E-state index contributed by atoms with van der Waals surface area (Å²) in [6, 6.07) is 8.20.